The van der Waals surface area contributed by atoms with E-state index >= 15 is 0 Å². The first kappa shape index (κ1) is 7.84. The van der Waals surface area contributed by atoms with Crippen molar-refractivity contribution in [2.75, 3.05) is 7.05 Å². The fraction of sp³-hybridized carbons (Fsp3) is 0.667. The molecule has 0 bridgehead atoms. The maximum absolute atomic E-state index is 5.17. The normalized spacial score (nSPS) is 17.7. The molecular weight excluding hydrogens is 142 g/mol. The Morgan fingerprint density at radius 3 is 2.45 bits per heavy atom. The van der Waals surface area contributed by atoms with Gasteiger partial charge in [0.2, 0.25) is 5.96 Å². The summed E-state index contributed by atoms with van der Waals surface area (Å²) in [6.07, 6.45) is 2.36. The highest BCUT2D eigenvalue weighted by Gasteiger charge is 2.21. The zero-order valence-corrected chi connectivity index (χ0v) is 6.54. The van der Waals surface area contributed by atoms with Gasteiger partial charge >= 0.3 is 0 Å². The number of nitrogens with zero attached hydrogens (tertiary/aromatic N) is 2. The first-order chi connectivity index (χ1) is 5.22. The van der Waals surface area contributed by atoms with Crippen molar-refractivity contribution in [2.45, 2.75) is 18.9 Å². The van der Waals surface area contributed by atoms with Crippen molar-refractivity contribution in [2.24, 2.45) is 21.5 Å². The molecule has 0 saturated heterocycles. The van der Waals surface area contributed by atoms with Crippen molar-refractivity contribution < 1.29 is 0 Å². The summed E-state index contributed by atoms with van der Waals surface area (Å²) in [5.41, 5.74) is 10.3. The molecule has 0 aromatic heterocycles. The number of aliphatic imine (C=N–C) groups is 2. The first-order valence-corrected chi connectivity index (χ1v) is 3.55. The summed E-state index contributed by atoms with van der Waals surface area (Å²) in [6, 6.07) is 0.525. The molecule has 0 radical (unpaired) electrons. The van der Waals surface area contributed by atoms with Crippen LogP contribution in [0.3, 0.4) is 0 Å². The standard InChI is InChI=1S/C6H13N5/c1-9-6(11-5(7)8)10-4-2-3-4/h4H,2-3H2,1H3,(H5,7,8,9,10,11). The Morgan fingerprint density at radius 2 is 2.09 bits per heavy atom. The maximum Gasteiger partial charge on any atom is 0.221 e. The first-order valence-electron chi connectivity index (χ1n) is 3.55. The molecule has 5 heteroatoms. The Kier molecular flexibility index (Phi) is 2.30. The maximum atomic E-state index is 5.17. The van der Waals surface area contributed by atoms with Crippen molar-refractivity contribution >= 4 is 11.9 Å². The largest absolute Gasteiger partial charge is 0.370 e. The van der Waals surface area contributed by atoms with Crippen LogP contribution in [-0.4, -0.2) is 25.0 Å². The van der Waals surface area contributed by atoms with Crippen molar-refractivity contribution in [3.63, 3.8) is 0 Å². The van der Waals surface area contributed by atoms with Crippen LogP contribution in [0.1, 0.15) is 12.8 Å². The highest BCUT2D eigenvalue weighted by Crippen LogP contribution is 2.18. The predicted molar refractivity (Wildman–Crippen MR) is 45.3 cm³/mol. The van der Waals surface area contributed by atoms with Crippen LogP contribution in [-0.2, 0) is 0 Å². The molecule has 1 aliphatic carbocycles. The molecule has 0 aromatic carbocycles. The van der Waals surface area contributed by atoms with Gasteiger partial charge in [0, 0.05) is 13.1 Å². The molecule has 0 spiro atoms. The van der Waals surface area contributed by atoms with Crippen LogP contribution in [0.15, 0.2) is 9.98 Å². The van der Waals surface area contributed by atoms with Gasteiger partial charge in [-0.1, -0.05) is 0 Å². The van der Waals surface area contributed by atoms with Crippen molar-refractivity contribution in [3.05, 3.63) is 0 Å². The lowest BCUT2D eigenvalue weighted by Crippen LogP contribution is -2.30. The van der Waals surface area contributed by atoms with Gasteiger partial charge in [0.1, 0.15) is 0 Å². The van der Waals surface area contributed by atoms with Gasteiger partial charge in [0.15, 0.2) is 5.96 Å². The Hall–Kier alpha value is -1.26. The van der Waals surface area contributed by atoms with E-state index in [4.69, 9.17) is 11.5 Å². The van der Waals surface area contributed by atoms with Gasteiger partial charge in [-0.25, -0.2) is 0 Å². The fourth-order valence-corrected chi connectivity index (χ4v) is 0.679. The third-order valence-corrected chi connectivity index (χ3v) is 1.36. The van der Waals surface area contributed by atoms with Crippen molar-refractivity contribution in [1.29, 1.82) is 0 Å². The van der Waals surface area contributed by atoms with Crippen LogP contribution in [0.5, 0.6) is 0 Å². The van der Waals surface area contributed by atoms with E-state index in [1.807, 2.05) is 0 Å². The summed E-state index contributed by atoms with van der Waals surface area (Å²) in [4.78, 5) is 7.65. The number of nitrogens with one attached hydrogen (secondary N) is 1. The van der Waals surface area contributed by atoms with E-state index in [0.717, 1.165) is 0 Å². The molecule has 5 N–H and O–H groups in total. The van der Waals surface area contributed by atoms with Crippen LogP contribution in [0.4, 0.5) is 0 Å². The number of guanidine groups is 2. The van der Waals surface area contributed by atoms with Crippen LogP contribution in [0, 0.1) is 0 Å². The molecule has 0 aromatic rings. The fourth-order valence-electron chi connectivity index (χ4n) is 0.679. The molecule has 0 unspecified atom stereocenters. The number of hydrogen-bond donors (Lipinski definition) is 3. The summed E-state index contributed by atoms with van der Waals surface area (Å²) in [5, 5.41) is 3.07. The third-order valence-electron chi connectivity index (χ3n) is 1.36. The molecule has 0 atom stereocenters. The van der Waals surface area contributed by atoms with Gasteiger partial charge in [0.25, 0.3) is 0 Å². The topological polar surface area (TPSA) is 88.8 Å². The summed E-state index contributed by atoms with van der Waals surface area (Å²) >= 11 is 0. The Balaban J connectivity index is 2.42. The predicted octanol–water partition coefficient (Wildman–Crippen LogP) is -1.00. The molecule has 0 heterocycles. The Bertz CT molecular complexity index is 187. The third kappa shape index (κ3) is 2.88. The minimum absolute atomic E-state index is 0.0405. The number of rotatable bonds is 1. The molecular formula is C6H13N5. The van der Waals surface area contributed by atoms with Crippen LogP contribution in [0.25, 0.3) is 0 Å². The minimum Gasteiger partial charge on any atom is -0.370 e. The molecule has 5 nitrogen and oxygen atoms in total. The van der Waals surface area contributed by atoms with Crippen molar-refractivity contribution in [1.82, 2.24) is 5.32 Å². The lowest BCUT2D eigenvalue weighted by molar-refractivity contribution is 0.893. The van der Waals surface area contributed by atoms with E-state index in [1.165, 1.54) is 12.8 Å². The smallest absolute Gasteiger partial charge is 0.221 e. The Morgan fingerprint density at radius 1 is 1.45 bits per heavy atom. The van der Waals surface area contributed by atoms with Gasteiger partial charge in [0.05, 0.1) is 0 Å². The van der Waals surface area contributed by atoms with Gasteiger partial charge in [-0.3, -0.25) is 4.99 Å². The molecule has 1 saturated carbocycles. The molecule has 1 aliphatic rings. The second-order valence-corrected chi connectivity index (χ2v) is 2.50. The van der Waals surface area contributed by atoms with E-state index < -0.39 is 0 Å². The zero-order chi connectivity index (χ0) is 8.27. The summed E-state index contributed by atoms with van der Waals surface area (Å²) in [6.45, 7) is 0. The minimum atomic E-state index is 0.0405. The second-order valence-electron chi connectivity index (χ2n) is 2.50. The van der Waals surface area contributed by atoms with E-state index in [1.54, 1.807) is 7.05 Å². The summed E-state index contributed by atoms with van der Waals surface area (Å²) in [7, 11) is 1.65. The van der Waals surface area contributed by atoms with Crippen LogP contribution >= 0.6 is 0 Å². The van der Waals surface area contributed by atoms with Gasteiger partial charge in [-0.05, 0) is 12.8 Å². The molecule has 1 rings (SSSR count). The monoisotopic (exact) mass is 155 g/mol. The highest BCUT2D eigenvalue weighted by molar-refractivity contribution is 5.93. The molecule has 1 fully saturated rings. The van der Waals surface area contributed by atoms with Gasteiger partial charge < -0.3 is 16.8 Å². The van der Waals surface area contributed by atoms with Gasteiger partial charge in [-0.15, -0.1) is 0 Å². The van der Waals surface area contributed by atoms with Gasteiger partial charge in [-0.2, -0.15) is 4.99 Å². The molecule has 0 amide bonds. The number of nitrogens with two attached hydrogens (primary N) is 2. The molecule has 11 heavy (non-hydrogen) atoms. The van der Waals surface area contributed by atoms with E-state index in [0.29, 0.717) is 12.0 Å². The average molecular weight is 155 g/mol. The highest BCUT2D eigenvalue weighted by atomic mass is 15.2. The molecule has 0 aliphatic heterocycles. The molecule has 62 valence electrons. The lowest BCUT2D eigenvalue weighted by atomic mass is 10.7. The number of hydrogen-bond acceptors (Lipinski definition) is 1. The van der Waals surface area contributed by atoms with Crippen molar-refractivity contribution in [3.8, 4) is 0 Å². The van der Waals surface area contributed by atoms with Crippen LogP contribution in [0.2, 0.25) is 0 Å². The summed E-state index contributed by atoms with van der Waals surface area (Å²) in [5.74, 6) is 0.561. The quantitative estimate of drug-likeness (QED) is 0.335. The average Bonchev–Trinajstić information content (AvgIpc) is 2.69. The Labute approximate surface area is 65.6 Å². The van der Waals surface area contributed by atoms with E-state index in [2.05, 4.69) is 15.3 Å². The lowest BCUT2D eigenvalue weighted by Gasteiger charge is -2.01. The van der Waals surface area contributed by atoms with E-state index in [9.17, 15) is 0 Å². The SMILES string of the molecule is CN=C(N=C(N)N)NC1CC1. The summed E-state index contributed by atoms with van der Waals surface area (Å²) < 4.78 is 0. The van der Waals surface area contributed by atoms with E-state index in [-0.39, 0.29) is 5.96 Å². The second kappa shape index (κ2) is 3.23. The van der Waals surface area contributed by atoms with Crippen LogP contribution < -0.4 is 16.8 Å². The zero-order valence-electron chi connectivity index (χ0n) is 6.54.